The number of aromatic nitrogens is 2. The third kappa shape index (κ3) is 7.07. The van der Waals surface area contributed by atoms with Gasteiger partial charge in [-0.25, -0.2) is 4.98 Å². The van der Waals surface area contributed by atoms with Crippen molar-refractivity contribution in [2.24, 2.45) is 0 Å². The first-order valence-corrected chi connectivity index (χ1v) is 10.3. The van der Waals surface area contributed by atoms with E-state index in [4.69, 9.17) is 27.9 Å². The predicted molar refractivity (Wildman–Crippen MR) is 123 cm³/mol. The van der Waals surface area contributed by atoms with Crippen LogP contribution in [0.15, 0.2) is 30.5 Å². The summed E-state index contributed by atoms with van der Waals surface area (Å²) in [6, 6.07) is 7.24. The average Bonchev–Trinajstić information content (AvgIpc) is 2.70. The zero-order valence-electron chi connectivity index (χ0n) is 16.9. The smallest absolute Gasteiger partial charge is 0.258 e. The van der Waals surface area contributed by atoms with Gasteiger partial charge in [0.2, 0.25) is 5.95 Å². The van der Waals surface area contributed by atoms with Crippen molar-refractivity contribution >= 4 is 53.3 Å². The minimum absolute atomic E-state index is 0. The number of halogens is 3. The van der Waals surface area contributed by atoms with Crippen LogP contribution in [-0.2, 0) is 4.79 Å². The second-order valence-electron chi connectivity index (χ2n) is 7.26. The number of anilines is 2. The van der Waals surface area contributed by atoms with Crippen molar-refractivity contribution in [3.63, 3.8) is 0 Å². The van der Waals surface area contributed by atoms with Crippen LogP contribution in [0.2, 0.25) is 10.0 Å². The average molecular weight is 475 g/mol. The second kappa shape index (κ2) is 11.4. The van der Waals surface area contributed by atoms with E-state index in [1.54, 1.807) is 24.4 Å². The summed E-state index contributed by atoms with van der Waals surface area (Å²) in [6.45, 7) is -0.0543. The summed E-state index contributed by atoms with van der Waals surface area (Å²) in [6.07, 6.45) is 5.42. The van der Waals surface area contributed by atoms with Gasteiger partial charge in [-0.3, -0.25) is 4.79 Å². The molecule has 1 aromatic heterocycles. The van der Waals surface area contributed by atoms with E-state index in [1.807, 2.05) is 25.1 Å². The van der Waals surface area contributed by atoms with Crippen LogP contribution in [-0.4, -0.2) is 48.7 Å². The zero-order valence-corrected chi connectivity index (χ0v) is 19.2. The molecule has 1 aliphatic rings. The summed E-state index contributed by atoms with van der Waals surface area (Å²) in [5.74, 6) is 1.88. The van der Waals surface area contributed by atoms with Gasteiger partial charge < -0.3 is 20.3 Å². The van der Waals surface area contributed by atoms with E-state index in [1.165, 1.54) is 0 Å². The van der Waals surface area contributed by atoms with Gasteiger partial charge in [-0.1, -0.05) is 23.2 Å². The second-order valence-corrected chi connectivity index (χ2v) is 8.07. The number of carbonyl (C=O) groups is 1. The fourth-order valence-electron chi connectivity index (χ4n) is 3.22. The number of amides is 1. The lowest BCUT2D eigenvalue weighted by Gasteiger charge is -2.29. The maximum absolute atomic E-state index is 12.2. The molecule has 0 unspecified atom stereocenters. The summed E-state index contributed by atoms with van der Waals surface area (Å²) in [7, 11) is 3.90. The number of hydrogen-bond donors (Lipinski definition) is 2. The van der Waals surface area contributed by atoms with Crippen molar-refractivity contribution in [2.75, 3.05) is 30.9 Å². The summed E-state index contributed by atoms with van der Waals surface area (Å²) in [5, 5.41) is 7.28. The number of nitrogens with zero attached hydrogens (tertiary/aromatic N) is 3. The van der Waals surface area contributed by atoms with Gasteiger partial charge in [-0.05, 0) is 43.9 Å². The molecule has 0 spiro atoms. The van der Waals surface area contributed by atoms with Crippen molar-refractivity contribution < 1.29 is 9.53 Å². The Bertz CT molecular complexity index is 845. The van der Waals surface area contributed by atoms with Crippen LogP contribution in [0, 0.1) is 0 Å². The molecule has 2 N–H and O–H groups in total. The fourth-order valence-corrected chi connectivity index (χ4v) is 3.51. The van der Waals surface area contributed by atoms with Gasteiger partial charge in [-0.2, -0.15) is 4.98 Å². The molecule has 1 saturated carbocycles. The van der Waals surface area contributed by atoms with E-state index in [0.717, 1.165) is 31.5 Å². The quantitative estimate of drug-likeness (QED) is 0.626. The van der Waals surface area contributed by atoms with Crippen molar-refractivity contribution in [1.29, 1.82) is 0 Å². The summed E-state index contributed by atoms with van der Waals surface area (Å²) in [5.41, 5.74) is 0. The molecule has 7 nitrogen and oxygen atoms in total. The maximum Gasteiger partial charge on any atom is 0.258 e. The summed E-state index contributed by atoms with van der Waals surface area (Å²) < 4.78 is 5.49. The predicted octanol–water partition coefficient (Wildman–Crippen LogP) is 4.19. The van der Waals surface area contributed by atoms with Crippen molar-refractivity contribution in [2.45, 2.75) is 37.8 Å². The maximum atomic E-state index is 12.2. The highest BCUT2D eigenvalue weighted by Crippen LogP contribution is 2.26. The Balaban J connectivity index is 0.00000320. The van der Waals surface area contributed by atoms with Gasteiger partial charge >= 0.3 is 0 Å². The zero-order chi connectivity index (χ0) is 20.8. The molecule has 0 aliphatic heterocycles. The standard InChI is InChI=1S/C20H25Cl2N5O2.ClH/c1-27(2)18-9-10-23-20(26-18)25-14-5-3-13(4-6-14)24-19(28)12-29-15-7-8-16(21)17(22)11-15;/h7-11,13-14H,3-6,12H2,1-2H3,(H,24,28)(H,23,25,26);1H. The minimum Gasteiger partial charge on any atom is -0.484 e. The number of rotatable bonds is 7. The molecule has 2 aromatic rings. The Morgan fingerprint density at radius 2 is 1.83 bits per heavy atom. The lowest BCUT2D eigenvalue weighted by Crippen LogP contribution is -2.42. The molecule has 1 aromatic carbocycles. The molecule has 1 fully saturated rings. The molecule has 10 heteroatoms. The van der Waals surface area contributed by atoms with Crippen LogP contribution < -0.4 is 20.3 Å². The molecule has 0 bridgehead atoms. The molecule has 0 saturated heterocycles. The van der Waals surface area contributed by atoms with Crippen molar-refractivity contribution in [1.82, 2.24) is 15.3 Å². The van der Waals surface area contributed by atoms with E-state index < -0.39 is 0 Å². The topological polar surface area (TPSA) is 79.4 Å². The van der Waals surface area contributed by atoms with E-state index in [9.17, 15) is 4.79 Å². The first-order valence-electron chi connectivity index (χ1n) is 9.55. The van der Waals surface area contributed by atoms with Crippen LogP contribution in [0.25, 0.3) is 0 Å². The Kier molecular flexibility index (Phi) is 9.27. The Labute approximate surface area is 192 Å². The van der Waals surface area contributed by atoms with Crippen LogP contribution in [0.1, 0.15) is 25.7 Å². The molecule has 0 radical (unpaired) electrons. The Hall–Kier alpha value is -1.96. The molecule has 3 rings (SSSR count). The van der Waals surface area contributed by atoms with Crippen LogP contribution in [0.5, 0.6) is 5.75 Å². The van der Waals surface area contributed by atoms with Gasteiger partial charge in [0, 0.05) is 38.4 Å². The third-order valence-electron chi connectivity index (χ3n) is 4.79. The van der Waals surface area contributed by atoms with E-state index in [0.29, 0.717) is 27.8 Å². The fraction of sp³-hybridized carbons (Fsp3) is 0.450. The Morgan fingerprint density at radius 1 is 1.13 bits per heavy atom. The van der Waals surface area contributed by atoms with Gasteiger partial charge in [0.25, 0.3) is 5.91 Å². The summed E-state index contributed by atoms with van der Waals surface area (Å²) in [4.78, 5) is 22.9. The highest BCUT2D eigenvalue weighted by atomic mass is 35.5. The number of ether oxygens (including phenoxy) is 1. The third-order valence-corrected chi connectivity index (χ3v) is 5.52. The van der Waals surface area contributed by atoms with Crippen molar-refractivity contribution in [3.05, 3.63) is 40.5 Å². The first kappa shape index (κ1) is 24.3. The number of nitrogens with one attached hydrogen (secondary N) is 2. The van der Waals surface area contributed by atoms with Gasteiger partial charge in [0.15, 0.2) is 6.61 Å². The van der Waals surface area contributed by atoms with E-state index >= 15 is 0 Å². The van der Waals surface area contributed by atoms with Crippen molar-refractivity contribution in [3.8, 4) is 5.75 Å². The number of hydrogen-bond acceptors (Lipinski definition) is 6. The molecule has 30 heavy (non-hydrogen) atoms. The van der Waals surface area contributed by atoms with E-state index in [-0.39, 0.29) is 31.0 Å². The lowest BCUT2D eigenvalue weighted by molar-refractivity contribution is -0.124. The Morgan fingerprint density at radius 3 is 2.50 bits per heavy atom. The molecule has 1 amide bonds. The normalized spacial score (nSPS) is 18.1. The molecule has 1 aliphatic carbocycles. The lowest BCUT2D eigenvalue weighted by atomic mass is 9.91. The SMILES string of the molecule is CN(C)c1ccnc(NC2CCC(NC(=O)COc3ccc(Cl)c(Cl)c3)CC2)n1.Cl. The first-order chi connectivity index (χ1) is 13.9. The van der Waals surface area contributed by atoms with Crippen LogP contribution in [0.3, 0.4) is 0 Å². The summed E-state index contributed by atoms with van der Waals surface area (Å²) >= 11 is 11.8. The largest absolute Gasteiger partial charge is 0.484 e. The van der Waals surface area contributed by atoms with Gasteiger partial charge in [0.05, 0.1) is 10.0 Å². The molecular formula is C20H26Cl3N5O2. The van der Waals surface area contributed by atoms with E-state index in [2.05, 4.69) is 20.6 Å². The number of benzene rings is 1. The monoisotopic (exact) mass is 473 g/mol. The minimum atomic E-state index is -0.144. The van der Waals surface area contributed by atoms with Crippen LogP contribution in [0.4, 0.5) is 11.8 Å². The molecule has 164 valence electrons. The molecule has 1 heterocycles. The van der Waals surface area contributed by atoms with Gasteiger partial charge in [-0.15, -0.1) is 12.4 Å². The van der Waals surface area contributed by atoms with Crippen LogP contribution >= 0.6 is 35.6 Å². The number of carbonyl (C=O) groups excluding carboxylic acids is 1. The highest BCUT2D eigenvalue weighted by molar-refractivity contribution is 6.42. The molecular weight excluding hydrogens is 449 g/mol. The molecule has 0 atom stereocenters. The van der Waals surface area contributed by atoms with Gasteiger partial charge in [0.1, 0.15) is 11.6 Å². The highest BCUT2D eigenvalue weighted by Gasteiger charge is 2.23.